The summed E-state index contributed by atoms with van der Waals surface area (Å²) in [6, 6.07) is 0. The molecule has 11 N–H and O–H groups in total. The Bertz CT molecular complexity index is 427. The molecule has 0 saturated carbocycles. The summed E-state index contributed by atoms with van der Waals surface area (Å²) in [5.74, 6) is 0. The Balaban J connectivity index is -0.0000000524. The summed E-state index contributed by atoms with van der Waals surface area (Å²) >= 11 is 0. The molecule has 0 aliphatic carbocycles. The van der Waals surface area contributed by atoms with Crippen LogP contribution in [0.5, 0.6) is 0 Å². The molecule has 13 heteroatoms. The second kappa shape index (κ2) is 23.0. The Labute approximate surface area is 219 Å². The number of hydrogen-bond acceptors (Lipinski definition) is 9. The van der Waals surface area contributed by atoms with Crippen LogP contribution in [-0.4, -0.2) is 54.8 Å². The van der Waals surface area contributed by atoms with Gasteiger partial charge < -0.3 is 38.3 Å². The quantitative estimate of drug-likeness (QED) is 0.117. The van der Waals surface area contributed by atoms with E-state index in [-0.39, 0.29) is 73.3 Å². The summed E-state index contributed by atoms with van der Waals surface area (Å²) in [6.45, 7) is 16.6. The largest absolute Gasteiger partial charge is 1.00 e. The minimum atomic E-state index is -0.268. The molecule has 0 aromatic heterocycles. The van der Waals surface area contributed by atoms with Crippen LogP contribution in [0.25, 0.3) is 0 Å². The molecule has 10 nitrogen and oxygen atoms in total. The Morgan fingerprint density at radius 1 is 0.548 bits per heavy atom. The van der Waals surface area contributed by atoms with Crippen LogP contribution in [0, 0.1) is 0 Å². The zero-order valence-corrected chi connectivity index (χ0v) is 22.8. The van der Waals surface area contributed by atoms with Crippen LogP contribution in [0.4, 0.5) is 0 Å². The van der Waals surface area contributed by atoms with Crippen LogP contribution < -0.4 is 17.2 Å². The Morgan fingerprint density at radius 2 is 0.677 bits per heavy atom. The van der Waals surface area contributed by atoms with E-state index >= 15 is 0 Å². The van der Waals surface area contributed by atoms with Crippen LogP contribution in [-0.2, 0) is 51.2 Å². The van der Waals surface area contributed by atoms with Gasteiger partial charge in [-0.3, -0.25) is 0 Å². The Kier molecular flexibility index (Phi) is 35.8. The summed E-state index contributed by atoms with van der Waals surface area (Å²) < 4.78 is 0. The summed E-state index contributed by atoms with van der Waals surface area (Å²) in [5.41, 5.74) is 18.1. The molecular weight excluding hydrogens is 555 g/mol. The van der Waals surface area contributed by atoms with Crippen molar-refractivity contribution in [1.82, 2.24) is 0 Å². The first kappa shape index (κ1) is 48.3. The van der Waals surface area contributed by atoms with Crippen LogP contribution in [0.2, 0.25) is 0 Å². The van der Waals surface area contributed by atoms with E-state index in [1.165, 1.54) is 0 Å². The average Bonchev–Trinajstić information content (AvgIpc) is 2.43. The maximum atomic E-state index is 8.23. The second-order valence-corrected chi connectivity index (χ2v) is 9.00. The van der Waals surface area contributed by atoms with Crippen molar-refractivity contribution in [3.05, 3.63) is 0 Å². The first-order valence-electron chi connectivity index (χ1n) is 8.76. The van der Waals surface area contributed by atoms with Crippen molar-refractivity contribution in [2.75, 3.05) is 0 Å². The standard InChI is InChI=1S/3C6H14N2O.3Cu.H2O/c3*1-5(8-9)4-6(2,3)7;;;;/h3*9H,4,7H2,1-3H3;;;;1H2/q;;;3*+1;. The zero-order chi connectivity index (χ0) is 22.5. The minimum Gasteiger partial charge on any atom is -0.412 e. The van der Waals surface area contributed by atoms with Crippen LogP contribution in [0.1, 0.15) is 81.6 Å². The van der Waals surface area contributed by atoms with Crippen molar-refractivity contribution in [2.45, 2.75) is 98.2 Å². The van der Waals surface area contributed by atoms with Crippen LogP contribution in [0.3, 0.4) is 0 Å². The van der Waals surface area contributed by atoms with Crippen molar-refractivity contribution in [3.63, 3.8) is 0 Å². The first-order chi connectivity index (χ1) is 11.9. The van der Waals surface area contributed by atoms with Gasteiger partial charge in [0, 0.05) is 35.9 Å². The molecule has 0 saturated heterocycles. The number of oxime groups is 3. The molecule has 0 aromatic rings. The van der Waals surface area contributed by atoms with Crippen molar-refractivity contribution in [3.8, 4) is 0 Å². The normalized spacial score (nSPS) is 12.2. The van der Waals surface area contributed by atoms with Gasteiger partial charge in [-0.15, -0.1) is 0 Å². The van der Waals surface area contributed by atoms with Gasteiger partial charge in [0.2, 0.25) is 0 Å². The molecule has 0 spiro atoms. The third-order valence-corrected chi connectivity index (χ3v) is 2.65. The maximum absolute atomic E-state index is 8.23. The SMILES string of the molecule is CC(CC(C)(C)N)=NO.CC(CC(C)(C)N)=NO.CC(CC(C)(C)N)=NO.O.[Cu+].[Cu+].[Cu+]. The molecule has 0 amide bonds. The van der Waals surface area contributed by atoms with Gasteiger partial charge in [0.1, 0.15) is 0 Å². The molecule has 200 valence electrons. The fourth-order valence-electron chi connectivity index (χ4n) is 2.08. The molecule has 0 atom stereocenters. The molecule has 31 heavy (non-hydrogen) atoms. The molecule has 0 aliphatic heterocycles. The third kappa shape index (κ3) is 53.2. The smallest absolute Gasteiger partial charge is 0.412 e. The van der Waals surface area contributed by atoms with E-state index in [1.807, 2.05) is 41.5 Å². The first-order valence-corrected chi connectivity index (χ1v) is 8.76. The molecule has 0 bridgehead atoms. The van der Waals surface area contributed by atoms with E-state index in [0.29, 0.717) is 36.4 Å². The van der Waals surface area contributed by atoms with E-state index in [9.17, 15) is 0 Å². The Morgan fingerprint density at radius 3 is 0.710 bits per heavy atom. The molecule has 0 aliphatic rings. The average molecular weight is 599 g/mol. The fourth-order valence-corrected chi connectivity index (χ4v) is 2.08. The van der Waals surface area contributed by atoms with Crippen molar-refractivity contribution < 1.29 is 72.3 Å². The monoisotopic (exact) mass is 597 g/mol. The summed E-state index contributed by atoms with van der Waals surface area (Å²) in [7, 11) is 0. The zero-order valence-electron chi connectivity index (χ0n) is 19.9. The van der Waals surface area contributed by atoms with Gasteiger partial charge in [-0.1, -0.05) is 15.5 Å². The second-order valence-electron chi connectivity index (χ2n) is 9.00. The summed E-state index contributed by atoms with van der Waals surface area (Å²) in [5, 5.41) is 33.7. The molecule has 0 fully saturated rings. The maximum Gasteiger partial charge on any atom is 1.00 e. The van der Waals surface area contributed by atoms with Crippen molar-refractivity contribution >= 4 is 17.1 Å². The van der Waals surface area contributed by atoms with Gasteiger partial charge in [-0.2, -0.15) is 0 Å². The molecule has 0 radical (unpaired) electrons. The van der Waals surface area contributed by atoms with Crippen molar-refractivity contribution in [2.24, 2.45) is 32.7 Å². The molecule has 0 aromatic carbocycles. The molecule has 0 unspecified atom stereocenters. The van der Waals surface area contributed by atoms with Gasteiger partial charge in [0.25, 0.3) is 0 Å². The van der Waals surface area contributed by atoms with Gasteiger partial charge in [-0.05, 0) is 62.3 Å². The number of nitrogens with two attached hydrogens (primary N) is 3. The number of nitrogens with zero attached hydrogens (tertiary/aromatic N) is 3. The molecular formula is C18H44Cu3N6O4+3. The topological polar surface area (TPSA) is 207 Å². The fraction of sp³-hybridized carbons (Fsp3) is 0.833. The molecule has 0 rings (SSSR count). The third-order valence-electron chi connectivity index (χ3n) is 2.65. The predicted octanol–water partition coefficient (Wildman–Crippen LogP) is 2.06. The van der Waals surface area contributed by atoms with Crippen LogP contribution >= 0.6 is 0 Å². The van der Waals surface area contributed by atoms with Gasteiger partial charge >= 0.3 is 51.2 Å². The van der Waals surface area contributed by atoms with E-state index < -0.39 is 0 Å². The van der Waals surface area contributed by atoms with Gasteiger partial charge in [0.05, 0.1) is 17.1 Å². The number of rotatable bonds is 6. The molecule has 0 heterocycles. The number of hydrogen-bond donors (Lipinski definition) is 6. The van der Waals surface area contributed by atoms with E-state index in [2.05, 4.69) is 15.5 Å². The van der Waals surface area contributed by atoms with Crippen molar-refractivity contribution in [1.29, 1.82) is 0 Å². The van der Waals surface area contributed by atoms with E-state index in [0.717, 1.165) is 0 Å². The van der Waals surface area contributed by atoms with E-state index in [4.69, 9.17) is 32.8 Å². The minimum absolute atomic E-state index is 0. The van der Waals surface area contributed by atoms with Crippen LogP contribution in [0.15, 0.2) is 15.5 Å². The van der Waals surface area contributed by atoms with E-state index in [1.54, 1.807) is 20.8 Å². The summed E-state index contributed by atoms with van der Waals surface area (Å²) in [6.07, 6.45) is 1.89. The predicted molar refractivity (Wildman–Crippen MR) is 117 cm³/mol. The van der Waals surface area contributed by atoms with Gasteiger partial charge in [0.15, 0.2) is 0 Å². The van der Waals surface area contributed by atoms with Gasteiger partial charge in [-0.25, -0.2) is 0 Å². The summed E-state index contributed by atoms with van der Waals surface area (Å²) in [4.78, 5) is 0. The Hall–Kier alpha value is -0.192.